The Kier molecular flexibility index (Phi) is 38.2. The first-order valence-electron chi connectivity index (χ1n) is 30.5. The summed E-state index contributed by atoms with van der Waals surface area (Å²) in [6.45, 7) is 1.00. The molecule has 0 aromatic carbocycles. The number of aliphatic hydroxyl groups excluding tert-OH is 11. The van der Waals surface area contributed by atoms with Gasteiger partial charge in [-0.25, -0.2) is 4.57 Å². The minimum Gasteiger partial charge on any atom is -0.462 e. The first kappa shape index (κ1) is 73.4. The van der Waals surface area contributed by atoms with Crippen LogP contribution < -0.4 is 0 Å². The van der Waals surface area contributed by atoms with Crippen LogP contribution in [-0.4, -0.2) is 204 Å². The van der Waals surface area contributed by atoms with Gasteiger partial charge in [-0.05, 0) is 38.5 Å². The smallest absolute Gasteiger partial charge is 0.462 e. The zero-order chi connectivity index (χ0) is 59.6. The predicted octanol–water partition coefficient (Wildman–Crippen LogP) is 4.71. The Labute approximate surface area is 480 Å². The van der Waals surface area contributed by atoms with Crippen molar-refractivity contribution in [1.29, 1.82) is 0 Å². The lowest BCUT2D eigenvalue weighted by Crippen LogP contribution is -2.69. The molecule has 24 heteroatoms. The lowest BCUT2D eigenvalue weighted by molar-refractivity contribution is -0.360. The summed E-state index contributed by atoms with van der Waals surface area (Å²) in [6.07, 6.45) is 0.500. The molecular weight excluding hydrogens is 1080 g/mol. The normalized spacial score (nSPS) is 31.0. The average molecular weight is 1190 g/mol. The molecule has 3 fully saturated rings. The van der Waals surface area contributed by atoms with Crippen molar-refractivity contribution >= 4 is 19.8 Å². The largest absolute Gasteiger partial charge is 0.472 e. The van der Waals surface area contributed by atoms with Crippen molar-refractivity contribution in [2.24, 2.45) is 0 Å². The number of unbranched alkanes of at least 4 members (excludes halogenated alkanes) is 25. The average Bonchev–Trinajstić information content (AvgIpc) is 3.45. The third-order valence-electron chi connectivity index (χ3n) is 15.3. The highest BCUT2D eigenvalue weighted by Gasteiger charge is 2.58. The number of allylic oxidation sites excluding steroid dienone is 2. The second-order valence-electron chi connectivity index (χ2n) is 22.2. The minimum absolute atomic E-state index is 0.0490. The van der Waals surface area contributed by atoms with Gasteiger partial charge in [0.2, 0.25) is 0 Å². The molecule has 3 rings (SSSR count). The van der Waals surface area contributed by atoms with E-state index >= 15 is 0 Å². The highest BCUT2D eigenvalue weighted by Crippen LogP contribution is 2.49. The third kappa shape index (κ3) is 27.6. The van der Waals surface area contributed by atoms with E-state index in [-0.39, 0.29) is 12.8 Å². The van der Waals surface area contributed by atoms with Crippen LogP contribution in [0.4, 0.5) is 0 Å². The zero-order valence-electron chi connectivity index (χ0n) is 48.3. The van der Waals surface area contributed by atoms with E-state index in [1.165, 1.54) is 109 Å². The maximum absolute atomic E-state index is 14.0. The standard InChI is InChI=1S/C57H105O23P/c1-3-5-7-9-11-13-15-17-18-19-20-22-23-25-27-29-31-33-42(60)73-37-39(75-43(61)34-32-30-28-26-24-21-16-14-12-10-8-6-4-2)38-74-81(71,72)80-55-53(78-56-51(69)46(64)44(62)40(35-58)76-56)49(67)48(66)50(68)54(55)79-57-52(70)47(65)45(63)41(36-59)77-57/h21,24,39-41,44-59,62-70H,3-20,22-23,25-38H2,1-2H3,(H,71,72). The van der Waals surface area contributed by atoms with Gasteiger partial charge in [0.25, 0.3) is 0 Å². The fourth-order valence-electron chi connectivity index (χ4n) is 10.2. The van der Waals surface area contributed by atoms with Crippen LogP contribution in [0.15, 0.2) is 12.2 Å². The number of carbonyl (C=O) groups is 2. The van der Waals surface area contributed by atoms with Crippen molar-refractivity contribution in [2.75, 3.05) is 26.4 Å². The molecule has 2 aliphatic heterocycles. The van der Waals surface area contributed by atoms with Crippen LogP contribution in [0, 0.1) is 0 Å². The summed E-state index contributed by atoms with van der Waals surface area (Å²) in [6, 6.07) is 0. The highest BCUT2D eigenvalue weighted by atomic mass is 31.2. The van der Waals surface area contributed by atoms with Gasteiger partial charge in [0, 0.05) is 12.8 Å². The lowest BCUT2D eigenvalue weighted by Gasteiger charge is -2.49. The molecule has 23 nitrogen and oxygen atoms in total. The number of rotatable bonds is 45. The van der Waals surface area contributed by atoms with E-state index in [9.17, 15) is 75.2 Å². The van der Waals surface area contributed by atoms with Crippen LogP contribution in [-0.2, 0) is 51.6 Å². The monoisotopic (exact) mass is 1190 g/mol. The molecule has 0 spiro atoms. The SMILES string of the molecule is CCCCCCCCC=CCCCCCC(=O)OC(COC(=O)CCCCCCCCCCCCCCCCCCC)COP(=O)(O)OC1C(OC2OC(CO)C(O)C(O)C2O)C(O)C(O)C(O)C1OC1OC(CO)C(O)C(O)C1O. The number of aliphatic hydroxyl groups is 11. The second-order valence-corrected chi connectivity index (χ2v) is 23.6. The topological polar surface area (TPSA) is 368 Å². The maximum atomic E-state index is 14.0. The van der Waals surface area contributed by atoms with Crippen molar-refractivity contribution in [3.8, 4) is 0 Å². The van der Waals surface area contributed by atoms with Crippen LogP contribution in [0.2, 0.25) is 0 Å². The molecule has 2 heterocycles. The molecule has 0 amide bonds. The van der Waals surface area contributed by atoms with Crippen LogP contribution in [0.3, 0.4) is 0 Å². The number of hydrogen-bond acceptors (Lipinski definition) is 22. The number of hydrogen-bond donors (Lipinski definition) is 12. The molecule has 2 saturated heterocycles. The summed E-state index contributed by atoms with van der Waals surface area (Å²) < 4.78 is 58.1. The van der Waals surface area contributed by atoms with Crippen LogP contribution in [0.25, 0.3) is 0 Å². The molecule has 81 heavy (non-hydrogen) atoms. The highest BCUT2D eigenvalue weighted by molar-refractivity contribution is 7.47. The van der Waals surface area contributed by atoms with Crippen molar-refractivity contribution in [3.05, 3.63) is 12.2 Å². The molecule has 0 aromatic rings. The van der Waals surface area contributed by atoms with Crippen LogP contribution >= 0.6 is 7.82 Å². The Morgan fingerprint density at radius 2 is 0.815 bits per heavy atom. The Bertz CT molecular complexity index is 1660. The third-order valence-corrected chi connectivity index (χ3v) is 16.3. The van der Waals surface area contributed by atoms with E-state index < -0.39 is 150 Å². The number of ether oxygens (including phenoxy) is 6. The zero-order valence-corrected chi connectivity index (χ0v) is 49.2. The van der Waals surface area contributed by atoms with E-state index in [1.807, 2.05) is 0 Å². The van der Waals surface area contributed by atoms with Gasteiger partial charge >= 0.3 is 19.8 Å². The Morgan fingerprint density at radius 1 is 0.457 bits per heavy atom. The predicted molar refractivity (Wildman–Crippen MR) is 296 cm³/mol. The molecule has 0 bridgehead atoms. The molecule has 476 valence electrons. The molecule has 12 N–H and O–H groups in total. The minimum atomic E-state index is -5.64. The number of phosphoric acid groups is 1. The molecule has 1 saturated carbocycles. The Balaban J connectivity index is 1.68. The summed E-state index contributed by atoms with van der Waals surface area (Å²) in [4.78, 5) is 37.5. The van der Waals surface area contributed by atoms with E-state index in [0.717, 1.165) is 51.4 Å². The first-order valence-corrected chi connectivity index (χ1v) is 32.0. The van der Waals surface area contributed by atoms with Crippen LogP contribution in [0.5, 0.6) is 0 Å². The van der Waals surface area contributed by atoms with E-state index in [2.05, 4.69) is 26.0 Å². The number of carbonyl (C=O) groups excluding carboxylic acids is 2. The van der Waals surface area contributed by atoms with Crippen molar-refractivity contribution in [3.63, 3.8) is 0 Å². The van der Waals surface area contributed by atoms with Gasteiger partial charge in [0.15, 0.2) is 18.7 Å². The first-order chi connectivity index (χ1) is 38.9. The van der Waals surface area contributed by atoms with Crippen molar-refractivity contribution in [1.82, 2.24) is 0 Å². The fraction of sp³-hybridized carbons (Fsp3) is 0.930. The van der Waals surface area contributed by atoms with Gasteiger partial charge in [-0.2, -0.15) is 0 Å². The lowest BCUT2D eigenvalue weighted by atomic mass is 9.84. The molecule has 3 aliphatic rings. The van der Waals surface area contributed by atoms with Gasteiger partial charge in [-0.1, -0.05) is 167 Å². The Morgan fingerprint density at radius 3 is 1.22 bits per heavy atom. The molecule has 1 aliphatic carbocycles. The van der Waals surface area contributed by atoms with Crippen molar-refractivity contribution in [2.45, 2.75) is 311 Å². The molecule has 0 radical (unpaired) electrons. The number of esters is 2. The van der Waals surface area contributed by atoms with E-state index in [0.29, 0.717) is 19.3 Å². The summed E-state index contributed by atoms with van der Waals surface area (Å²) in [7, 11) is -5.64. The Hall–Kier alpha value is -1.81. The molecule has 16 unspecified atom stereocenters. The summed E-state index contributed by atoms with van der Waals surface area (Å²) in [5.74, 6) is -1.34. The van der Waals surface area contributed by atoms with E-state index in [1.54, 1.807) is 0 Å². The van der Waals surface area contributed by atoms with Crippen molar-refractivity contribution < 1.29 is 113 Å². The number of phosphoric ester groups is 1. The summed E-state index contributed by atoms with van der Waals surface area (Å²) in [5.41, 5.74) is 0. The van der Waals surface area contributed by atoms with Gasteiger partial charge in [-0.15, -0.1) is 0 Å². The molecule has 0 aromatic heterocycles. The van der Waals surface area contributed by atoms with Crippen LogP contribution in [0.1, 0.15) is 206 Å². The molecular formula is C57H105O23P. The van der Waals surface area contributed by atoms with Gasteiger partial charge in [0.1, 0.15) is 92.1 Å². The van der Waals surface area contributed by atoms with E-state index in [4.69, 9.17) is 37.5 Å². The summed E-state index contributed by atoms with van der Waals surface area (Å²) >= 11 is 0. The maximum Gasteiger partial charge on any atom is 0.472 e. The second kappa shape index (κ2) is 42.1. The quantitative estimate of drug-likeness (QED) is 0.0170. The fourth-order valence-corrected chi connectivity index (χ4v) is 11.2. The van der Waals surface area contributed by atoms with Gasteiger partial charge in [0.05, 0.1) is 19.8 Å². The molecule has 16 atom stereocenters. The van der Waals surface area contributed by atoms with Gasteiger partial charge in [-0.3, -0.25) is 18.6 Å². The van der Waals surface area contributed by atoms with Gasteiger partial charge < -0.3 is 89.5 Å². The summed E-state index contributed by atoms with van der Waals surface area (Å²) in [5, 5.41) is 117.